The molecule has 0 N–H and O–H groups in total. The van der Waals surface area contributed by atoms with Gasteiger partial charge in [-0.1, -0.05) is 70.2 Å². The van der Waals surface area contributed by atoms with Crippen molar-refractivity contribution in [2.75, 3.05) is 28.2 Å². The molecule has 0 aromatic rings. The predicted octanol–water partition coefficient (Wildman–Crippen LogP) is 6.40. The third kappa shape index (κ3) is 47.0. The van der Waals surface area contributed by atoms with E-state index in [0.717, 1.165) is 11.7 Å². The maximum Gasteiger partial charge on any atom is 0.224 e. The van der Waals surface area contributed by atoms with E-state index >= 15 is 0 Å². The van der Waals surface area contributed by atoms with Crippen molar-refractivity contribution in [3.63, 3.8) is 0 Å². The Morgan fingerprint density at radius 2 is 0.690 bits per heavy atom. The Morgan fingerprint density at radius 3 is 0.724 bits per heavy atom. The molecule has 2 amide bonds. The van der Waals surface area contributed by atoms with Crippen LogP contribution in [0.2, 0.25) is 0 Å². The predicted molar refractivity (Wildman–Crippen MR) is 134 cm³/mol. The Kier molecular flexibility index (Phi) is 99.1. The number of hydrogen-bond acceptors (Lipinski definition) is 4. The van der Waals surface area contributed by atoms with E-state index < -0.39 is 0 Å². The Hall–Kier alpha value is -0.616. The molecule has 0 spiro atoms. The molecule has 0 saturated heterocycles. The van der Waals surface area contributed by atoms with Gasteiger partial charge < -0.3 is 9.80 Å². The minimum Gasteiger partial charge on any atom is -0.304 e. The molecule has 7 heteroatoms. The number of amidine groups is 2. The molecule has 6 nitrogen and oxygen atoms in total. The molecule has 0 aliphatic carbocycles. The first-order chi connectivity index (χ1) is 12.2. The van der Waals surface area contributed by atoms with Crippen molar-refractivity contribution in [1.82, 2.24) is 9.80 Å². The van der Waals surface area contributed by atoms with E-state index in [4.69, 9.17) is 0 Å². The molecule has 29 heavy (non-hydrogen) atoms. The summed E-state index contributed by atoms with van der Waals surface area (Å²) in [6.07, 6.45) is 0. The number of hydrogen-bond donors (Lipinski definition) is 0. The van der Waals surface area contributed by atoms with E-state index in [9.17, 15) is 9.59 Å². The van der Waals surface area contributed by atoms with Gasteiger partial charge in [0.15, 0.2) is 0 Å². The van der Waals surface area contributed by atoms with Gasteiger partial charge in [-0.15, -0.1) is 0 Å². The number of aliphatic imine (C=N–C) groups is 2. The molecule has 0 aromatic heterocycles. The molecule has 0 unspecified atom stereocenters. The average Bonchev–Trinajstić information content (AvgIpc) is 2.71. The molecular weight excluding hydrogens is 441 g/mol. The molecule has 0 aliphatic rings. The summed E-state index contributed by atoms with van der Waals surface area (Å²) in [7, 11) is 6.72. The third-order valence-corrected chi connectivity index (χ3v) is 2.56. The molecule has 0 saturated carbocycles. The van der Waals surface area contributed by atoms with Gasteiger partial charge in [0.2, 0.25) is 11.8 Å². The minimum atomic E-state index is 0. The molecule has 1 radical (unpaired) electrons. The number of nitrogens with zero attached hydrogens (tertiary/aromatic N) is 4. The van der Waals surface area contributed by atoms with Crippen LogP contribution in [0.4, 0.5) is 0 Å². The van der Waals surface area contributed by atoms with Crippen molar-refractivity contribution in [2.24, 2.45) is 9.98 Å². The van der Waals surface area contributed by atoms with Crippen LogP contribution in [-0.2, 0) is 42.3 Å². The monoisotopic (exact) mass is 497 g/mol. The molecule has 0 fully saturated rings. The van der Waals surface area contributed by atoms with E-state index in [0.29, 0.717) is 0 Å². The van der Waals surface area contributed by atoms with E-state index in [-0.39, 0.29) is 59.4 Å². The second-order valence-corrected chi connectivity index (χ2v) is 3.70. The van der Waals surface area contributed by atoms with Crippen LogP contribution in [0.25, 0.3) is 0 Å². The zero-order chi connectivity index (χ0) is 22.9. The van der Waals surface area contributed by atoms with Gasteiger partial charge >= 0.3 is 0 Å². The number of carbonyl (C=O) groups is 2. The first kappa shape index (κ1) is 56.6. The Bertz CT molecular complexity index is 325. The SMILES string of the molecule is C.C.CC.CC.CC.CC.CN=C(C)N(C)C(C)=O.CN=C(C)N(C)C(C)=O.[Y]. The second kappa shape index (κ2) is 50.7. The maximum atomic E-state index is 10.6. The van der Waals surface area contributed by atoms with E-state index in [1.807, 2.05) is 55.4 Å². The van der Waals surface area contributed by atoms with Crippen molar-refractivity contribution in [2.45, 2.75) is 97.9 Å². The van der Waals surface area contributed by atoms with Crippen LogP contribution in [0.3, 0.4) is 0 Å². The number of carbonyl (C=O) groups excluding carboxylic acids is 2. The third-order valence-electron chi connectivity index (χ3n) is 2.56. The van der Waals surface area contributed by atoms with Gasteiger partial charge in [0.25, 0.3) is 0 Å². The van der Waals surface area contributed by atoms with Crippen molar-refractivity contribution in [3.8, 4) is 0 Å². The summed E-state index contributed by atoms with van der Waals surface area (Å²) < 4.78 is 0. The smallest absolute Gasteiger partial charge is 0.224 e. The standard InChI is InChI=1S/2C6H12N2O.4C2H6.2CH4.Y/c2*1-5(7-3)8(4)6(2)9;4*1-2;;;/h2*1-4H3;4*1-2H3;2*1H4;. The number of amides is 2. The topological polar surface area (TPSA) is 65.3 Å². The molecule has 179 valence electrons. The van der Waals surface area contributed by atoms with Crippen LogP contribution in [0.15, 0.2) is 9.98 Å². The summed E-state index contributed by atoms with van der Waals surface area (Å²) in [5.74, 6) is 1.50. The van der Waals surface area contributed by atoms with Gasteiger partial charge in [0, 0.05) is 74.7 Å². The Balaban J connectivity index is -0.0000000271. The molecular formula is C22H56N4O2Y. The molecule has 0 rings (SSSR count). The first-order valence-corrected chi connectivity index (χ1v) is 9.54. The van der Waals surface area contributed by atoms with Crippen LogP contribution in [0.1, 0.15) is 97.9 Å². The van der Waals surface area contributed by atoms with Gasteiger partial charge in [-0.05, 0) is 13.8 Å². The molecule has 0 aliphatic heterocycles. The van der Waals surface area contributed by atoms with Crippen LogP contribution in [0, 0.1) is 0 Å². The van der Waals surface area contributed by atoms with Gasteiger partial charge in [0.05, 0.1) is 0 Å². The summed E-state index contributed by atoms with van der Waals surface area (Å²) in [4.78, 5) is 31.8. The van der Waals surface area contributed by atoms with E-state index in [1.165, 1.54) is 23.6 Å². The largest absolute Gasteiger partial charge is 0.304 e. The van der Waals surface area contributed by atoms with Gasteiger partial charge in [0.1, 0.15) is 11.7 Å². The summed E-state index contributed by atoms with van der Waals surface area (Å²) in [5.41, 5.74) is 0. The Labute approximate surface area is 210 Å². The summed E-state index contributed by atoms with van der Waals surface area (Å²) in [6, 6.07) is 0. The first-order valence-electron chi connectivity index (χ1n) is 9.54. The fourth-order valence-corrected chi connectivity index (χ4v) is 0.756. The molecule has 0 bridgehead atoms. The minimum absolute atomic E-state index is 0. The zero-order valence-corrected chi connectivity index (χ0v) is 24.0. The molecule has 0 aromatic carbocycles. The maximum absolute atomic E-state index is 10.6. The average molecular weight is 498 g/mol. The van der Waals surface area contributed by atoms with Crippen LogP contribution in [0.5, 0.6) is 0 Å². The second-order valence-electron chi connectivity index (χ2n) is 3.70. The van der Waals surface area contributed by atoms with Crippen molar-refractivity contribution in [1.29, 1.82) is 0 Å². The molecule has 0 heterocycles. The quantitative estimate of drug-likeness (QED) is 0.287. The van der Waals surface area contributed by atoms with Crippen molar-refractivity contribution < 1.29 is 42.3 Å². The van der Waals surface area contributed by atoms with Gasteiger partial charge in [-0.2, -0.15) is 0 Å². The Morgan fingerprint density at radius 1 is 0.552 bits per heavy atom. The summed E-state index contributed by atoms with van der Waals surface area (Å²) in [5, 5.41) is 0. The van der Waals surface area contributed by atoms with E-state index in [2.05, 4.69) is 9.98 Å². The normalized spacial score (nSPS) is 7.86. The van der Waals surface area contributed by atoms with Crippen molar-refractivity contribution in [3.05, 3.63) is 0 Å². The van der Waals surface area contributed by atoms with Crippen LogP contribution >= 0.6 is 0 Å². The number of rotatable bonds is 0. The summed E-state index contributed by atoms with van der Waals surface area (Å²) in [6.45, 7) is 22.6. The fraction of sp³-hybridized carbons (Fsp3) is 0.818. The van der Waals surface area contributed by atoms with Crippen molar-refractivity contribution >= 4 is 23.5 Å². The van der Waals surface area contributed by atoms with Gasteiger partial charge in [-0.3, -0.25) is 19.6 Å². The molecule has 0 atom stereocenters. The van der Waals surface area contributed by atoms with E-state index in [1.54, 1.807) is 42.0 Å². The van der Waals surface area contributed by atoms with Crippen LogP contribution in [-0.4, -0.2) is 61.5 Å². The fourth-order valence-electron chi connectivity index (χ4n) is 0.756. The van der Waals surface area contributed by atoms with Crippen LogP contribution < -0.4 is 0 Å². The summed E-state index contributed by atoms with van der Waals surface area (Å²) >= 11 is 0. The van der Waals surface area contributed by atoms with Gasteiger partial charge in [-0.25, -0.2) is 0 Å². The zero-order valence-electron chi connectivity index (χ0n) is 21.2.